The van der Waals surface area contributed by atoms with Gasteiger partial charge in [-0.15, -0.1) is 0 Å². The SMILES string of the molecule is Nc1cc(Cl)ccc1C(=O)Nc1ccc([N+](=O)[O-])cc1Cl. The minimum absolute atomic E-state index is 0.0603. The van der Waals surface area contributed by atoms with Crippen molar-refractivity contribution in [2.45, 2.75) is 0 Å². The van der Waals surface area contributed by atoms with Gasteiger partial charge in [0, 0.05) is 22.8 Å². The number of carbonyl (C=O) groups is 1. The summed E-state index contributed by atoms with van der Waals surface area (Å²) in [5.74, 6) is -0.486. The summed E-state index contributed by atoms with van der Waals surface area (Å²) in [4.78, 5) is 22.1. The van der Waals surface area contributed by atoms with Crippen LogP contribution in [0.15, 0.2) is 36.4 Å². The van der Waals surface area contributed by atoms with Gasteiger partial charge < -0.3 is 11.1 Å². The maximum Gasteiger partial charge on any atom is 0.271 e. The number of rotatable bonds is 3. The Labute approximate surface area is 129 Å². The molecule has 21 heavy (non-hydrogen) atoms. The average molecular weight is 326 g/mol. The molecular formula is C13H9Cl2N3O3. The number of nitrogens with two attached hydrogens (primary N) is 1. The molecule has 6 nitrogen and oxygen atoms in total. The Morgan fingerprint density at radius 2 is 1.90 bits per heavy atom. The molecule has 0 bridgehead atoms. The van der Waals surface area contributed by atoms with Gasteiger partial charge in [0.2, 0.25) is 0 Å². The van der Waals surface area contributed by atoms with E-state index < -0.39 is 10.8 Å². The van der Waals surface area contributed by atoms with E-state index in [-0.39, 0.29) is 27.6 Å². The summed E-state index contributed by atoms with van der Waals surface area (Å²) >= 11 is 11.7. The Balaban J connectivity index is 2.25. The Kier molecular flexibility index (Phi) is 4.30. The van der Waals surface area contributed by atoms with E-state index >= 15 is 0 Å². The second-order valence-corrected chi connectivity index (χ2v) is 4.95. The third-order valence-corrected chi connectivity index (χ3v) is 3.22. The van der Waals surface area contributed by atoms with E-state index in [1.54, 1.807) is 0 Å². The molecule has 0 heterocycles. The fraction of sp³-hybridized carbons (Fsp3) is 0. The molecule has 1 amide bonds. The van der Waals surface area contributed by atoms with E-state index in [0.717, 1.165) is 6.07 Å². The van der Waals surface area contributed by atoms with Crippen LogP contribution >= 0.6 is 23.2 Å². The first kappa shape index (κ1) is 15.1. The van der Waals surface area contributed by atoms with Crippen molar-refractivity contribution in [2.75, 3.05) is 11.1 Å². The van der Waals surface area contributed by atoms with Gasteiger partial charge in [-0.05, 0) is 24.3 Å². The van der Waals surface area contributed by atoms with Crippen molar-refractivity contribution < 1.29 is 9.72 Å². The van der Waals surface area contributed by atoms with Crippen LogP contribution in [0.3, 0.4) is 0 Å². The highest BCUT2D eigenvalue weighted by Crippen LogP contribution is 2.27. The van der Waals surface area contributed by atoms with Crippen LogP contribution in [0.4, 0.5) is 17.1 Å². The summed E-state index contributed by atoms with van der Waals surface area (Å²) in [7, 11) is 0. The number of carbonyl (C=O) groups excluding carboxylic acids is 1. The number of halogens is 2. The highest BCUT2D eigenvalue weighted by atomic mass is 35.5. The van der Waals surface area contributed by atoms with Gasteiger partial charge in [0.05, 0.1) is 21.2 Å². The zero-order valence-electron chi connectivity index (χ0n) is 10.5. The van der Waals surface area contributed by atoms with Gasteiger partial charge in [-0.3, -0.25) is 14.9 Å². The summed E-state index contributed by atoms with van der Waals surface area (Å²) < 4.78 is 0. The fourth-order valence-corrected chi connectivity index (χ4v) is 2.05. The normalized spacial score (nSPS) is 10.2. The zero-order valence-corrected chi connectivity index (χ0v) is 12.0. The quantitative estimate of drug-likeness (QED) is 0.510. The van der Waals surface area contributed by atoms with Crippen molar-refractivity contribution in [2.24, 2.45) is 0 Å². The van der Waals surface area contributed by atoms with E-state index in [2.05, 4.69) is 5.32 Å². The average Bonchev–Trinajstić information content (AvgIpc) is 2.40. The van der Waals surface area contributed by atoms with Crippen LogP contribution in [0.25, 0.3) is 0 Å². The maximum atomic E-state index is 12.1. The molecule has 8 heteroatoms. The number of nitro groups is 1. The Morgan fingerprint density at radius 1 is 1.19 bits per heavy atom. The third kappa shape index (κ3) is 3.42. The Hall–Kier alpha value is -2.31. The molecule has 3 N–H and O–H groups in total. The lowest BCUT2D eigenvalue weighted by Crippen LogP contribution is -2.14. The van der Waals surface area contributed by atoms with Crippen LogP contribution in [0.2, 0.25) is 10.0 Å². The molecule has 0 radical (unpaired) electrons. The molecule has 0 aliphatic carbocycles. The topological polar surface area (TPSA) is 98.3 Å². The number of nitrogen functional groups attached to an aromatic ring is 1. The minimum atomic E-state index is -0.575. The lowest BCUT2D eigenvalue weighted by atomic mass is 10.1. The molecule has 0 saturated carbocycles. The van der Waals surface area contributed by atoms with E-state index in [1.807, 2.05) is 0 Å². The van der Waals surface area contributed by atoms with E-state index in [0.29, 0.717) is 5.02 Å². The number of hydrogen-bond donors (Lipinski definition) is 2. The second kappa shape index (κ2) is 5.99. The minimum Gasteiger partial charge on any atom is -0.398 e. The number of benzene rings is 2. The Bertz CT molecular complexity index is 735. The molecule has 0 atom stereocenters. The first-order valence-electron chi connectivity index (χ1n) is 5.69. The predicted molar refractivity (Wildman–Crippen MR) is 81.9 cm³/mol. The van der Waals surface area contributed by atoms with Crippen LogP contribution in [-0.4, -0.2) is 10.8 Å². The van der Waals surface area contributed by atoms with Crippen molar-refractivity contribution in [3.05, 3.63) is 62.1 Å². The Morgan fingerprint density at radius 3 is 2.48 bits per heavy atom. The first-order valence-corrected chi connectivity index (χ1v) is 6.44. The van der Waals surface area contributed by atoms with Gasteiger partial charge in [-0.1, -0.05) is 23.2 Å². The van der Waals surface area contributed by atoms with Crippen molar-refractivity contribution in [3.63, 3.8) is 0 Å². The van der Waals surface area contributed by atoms with Crippen LogP contribution in [0.5, 0.6) is 0 Å². The van der Waals surface area contributed by atoms with Crippen molar-refractivity contribution in [3.8, 4) is 0 Å². The van der Waals surface area contributed by atoms with Crippen molar-refractivity contribution in [1.82, 2.24) is 0 Å². The van der Waals surface area contributed by atoms with Gasteiger partial charge in [0.25, 0.3) is 11.6 Å². The van der Waals surface area contributed by atoms with Crippen molar-refractivity contribution in [1.29, 1.82) is 0 Å². The zero-order chi connectivity index (χ0) is 15.6. The van der Waals surface area contributed by atoms with E-state index in [4.69, 9.17) is 28.9 Å². The van der Waals surface area contributed by atoms with Crippen LogP contribution in [-0.2, 0) is 0 Å². The number of nitrogens with one attached hydrogen (secondary N) is 1. The summed E-state index contributed by atoms with van der Waals surface area (Å²) in [6, 6.07) is 8.21. The van der Waals surface area contributed by atoms with Crippen LogP contribution in [0.1, 0.15) is 10.4 Å². The highest BCUT2D eigenvalue weighted by Gasteiger charge is 2.14. The largest absolute Gasteiger partial charge is 0.398 e. The molecule has 0 saturated heterocycles. The number of hydrogen-bond acceptors (Lipinski definition) is 4. The standard InChI is InChI=1S/C13H9Cl2N3O3/c14-7-1-3-9(11(16)5-7)13(19)17-12-4-2-8(18(20)21)6-10(12)15/h1-6H,16H2,(H,17,19). The van der Waals surface area contributed by atoms with Crippen molar-refractivity contribution >= 4 is 46.2 Å². The first-order chi connectivity index (χ1) is 9.88. The third-order valence-electron chi connectivity index (χ3n) is 2.67. The molecule has 2 aromatic carbocycles. The number of non-ortho nitro benzene ring substituents is 1. The summed E-state index contributed by atoms with van der Waals surface area (Å²) in [5, 5.41) is 13.6. The number of nitrogens with zero attached hydrogens (tertiary/aromatic N) is 1. The van der Waals surface area contributed by atoms with E-state index in [9.17, 15) is 14.9 Å². The molecule has 0 aliphatic heterocycles. The molecule has 2 aromatic rings. The fourth-order valence-electron chi connectivity index (χ4n) is 1.65. The lowest BCUT2D eigenvalue weighted by Gasteiger charge is -2.09. The molecule has 0 spiro atoms. The molecule has 2 rings (SSSR count). The second-order valence-electron chi connectivity index (χ2n) is 4.11. The van der Waals surface area contributed by atoms with Gasteiger partial charge in [-0.25, -0.2) is 0 Å². The predicted octanol–water partition coefficient (Wildman–Crippen LogP) is 3.74. The lowest BCUT2D eigenvalue weighted by molar-refractivity contribution is -0.384. The molecule has 0 aliphatic rings. The smallest absolute Gasteiger partial charge is 0.271 e. The highest BCUT2D eigenvalue weighted by molar-refractivity contribution is 6.34. The maximum absolute atomic E-state index is 12.1. The summed E-state index contributed by atoms with van der Waals surface area (Å²) in [6.45, 7) is 0. The van der Waals surface area contributed by atoms with Gasteiger partial charge in [0.15, 0.2) is 0 Å². The van der Waals surface area contributed by atoms with Gasteiger partial charge in [0.1, 0.15) is 0 Å². The number of nitro benzene ring substituents is 1. The molecule has 0 aromatic heterocycles. The summed E-state index contributed by atoms with van der Waals surface area (Å²) in [5.41, 5.74) is 6.25. The molecular weight excluding hydrogens is 317 g/mol. The summed E-state index contributed by atoms with van der Waals surface area (Å²) in [6.07, 6.45) is 0. The monoisotopic (exact) mass is 325 g/mol. The number of amides is 1. The van der Waals surface area contributed by atoms with Crippen LogP contribution < -0.4 is 11.1 Å². The molecule has 0 unspecified atom stereocenters. The van der Waals surface area contributed by atoms with Gasteiger partial charge in [-0.2, -0.15) is 0 Å². The molecule has 0 fully saturated rings. The van der Waals surface area contributed by atoms with Gasteiger partial charge >= 0.3 is 0 Å². The van der Waals surface area contributed by atoms with E-state index in [1.165, 1.54) is 30.3 Å². The van der Waals surface area contributed by atoms with Crippen LogP contribution in [0, 0.1) is 10.1 Å². The number of anilines is 2. The molecule has 108 valence electrons.